The molecule has 2 fully saturated rings. The van der Waals surface area contributed by atoms with Crippen molar-refractivity contribution in [3.05, 3.63) is 81.2 Å². The van der Waals surface area contributed by atoms with E-state index in [0.717, 1.165) is 138 Å². The summed E-state index contributed by atoms with van der Waals surface area (Å²) in [6, 6.07) is 6.84. The summed E-state index contributed by atoms with van der Waals surface area (Å²) in [7, 11) is 0.249. The van der Waals surface area contributed by atoms with Crippen molar-refractivity contribution in [3.8, 4) is 0 Å². The van der Waals surface area contributed by atoms with E-state index in [2.05, 4.69) is 47.2 Å². The number of primary sulfonamides is 1. The fourth-order valence-electron chi connectivity index (χ4n) is 11.0. The zero-order valence-electron chi connectivity index (χ0n) is 37.6. The molecule has 344 valence electrons. The van der Waals surface area contributed by atoms with Gasteiger partial charge in [0, 0.05) is 31.2 Å². The van der Waals surface area contributed by atoms with Crippen molar-refractivity contribution in [3.63, 3.8) is 0 Å². The van der Waals surface area contributed by atoms with Crippen LogP contribution in [-0.4, -0.2) is 99.6 Å². The number of benzene rings is 2. The van der Waals surface area contributed by atoms with Gasteiger partial charge in [-0.1, -0.05) is 12.1 Å². The highest BCUT2D eigenvalue weighted by Gasteiger charge is 2.42. The van der Waals surface area contributed by atoms with Crippen LogP contribution in [0.25, 0.3) is 0 Å². The van der Waals surface area contributed by atoms with Crippen LogP contribution >= 0.6 is 0 Å². The summed E-state index contributed by atoms with van der Waals surface area (Å²) in [5, 5.41) is 16.2. The second-order valence-electron chi connectivity index (χ2n) is 19.1. The van der Waals surface area contributed by atoms with Gasteiger partial charge in [0.05, 0.1) is 16.8 Å². The molecule has 0 aliphatic heterocycles. The summed E-state index contributed by atoms with van der Waals surface area (Å²) in [4.78, 5) is 31.4. The lowest BCUT2D eigenvalue weighted by Crippen LogP contribution is -2.48. The minimum absolute atomic E-state index is 0.0532. The van der Waals surface area contributed by atoms with Crippen molar-refractivity contribution in [1.29, 1.82) is 0 Å². The maximum absolute atomic E-state index is 12.9. The average molecular weight is 915 g/mol. The van der Waals surface area contributed by atoms with E-state index in [1.54, 1.807) is 27.8 Å². The molecule has 4 aromatic rings. The van der Waals surface area contributed by atoms with E-state index in [-0.39, 0.29) is 21.1 Å². The van der Waals surface area contributed by atoms with E-state index < -0.39 is 26.1 Å². The summed E-state index contributed by atoms with van der Waals surface area (Å²) in [5.41, 5.74) is 11.9. The van der Waals surface area contributed by atoms with Crippen LogP contribution in [0.15, 0.2) is 51.7 Å². The summed E-state index contributed by atoms with van der Waals surface area (Å²) < 4.78 is 53.9. The van der Waals surface area contributed by atoms with Crippen molar-refractivity contribution < 1.29 is 26.4 Å². The van der Waals surface area contributed by atoms with Crippen molar-refractivity contribution in [1.82, 2.24) is 34.1 Å². The topological polar surface area (TPSA) is 207 Å². The zero-order chi connectivity index (χ0) is 45.4. The molecule has 10 rings (SSSR count). The Morgan fingerprint density at radius 3 is 1.50 bits per heavy atom. The average Bonchev–Trinajstić information content (AvgIpc) is 4.06. The molecule has 18 heteroatoms. The number of carbonyl (C=O) groups is 1. The maximum atomic E-state index is 12.9. The van der Waals surface area contributed by atoms with E-state index in [1.807, 2.05) is 28.2 Å². The molecular formula is C46H62N10O6S2. The van der Waals surface area contributed by atoms with Crippen molar-refractivity contribution in [2.24, 2.45) is 10.1 Å². The number of isocyanates is 1. The van der Waals surface area contributed by atoms with Gasteiger partial charge in [-0.25, -0.2) is 27.9 Å². The van der Waals surface area contributed by atoms with Gasteiger partial charge in [0.2, 0.25) is 6.08 Å². The summed E-state index contributed by atoms with van der Waals surface area (Å²) >= 11 is 0. The van der Waals surface area contributed by atoms with Gasteiger partial charge in [-0.05, 0) is 200 Å². The van der Waals surface area contributed by atoms with Gasteiger partial charge in [-0.15, -0.1) is 0 Å². The minimum atomic E-state index is -4.07. The fraction of sp³-hybridized carbons (Fsp3) is 0.565. The van der Waals surface area contributed by atoms with Crippen LogP contribution in [0, 0.1) is 0 Å². The molecule has 0 atom stereocenters. The van der Waals surface area contributed by atoms with Crippen LogP contribution in [-0.2, 0) is 87.3 Å². The summed E-state index contributed by atoms with van der Waals surface area (Å²) in [5.74, 6) is 0. The normalized spacial score (nSPS) is 18.5. The van der Waals surface area contributed by atoms with E-state index in [1.165, 1.54) is 58.4 Å². The number of nitrogens with zero attached hydrogens (tertiary/aromatic N) is 7. The molecule has 2 saturated carbocycles. The molecule has 6 aliphatic rings. The van der Waals surface area contributed by atoms with Crippen molar-refractivity contribution in [2.75, 3.05) is 46.6 Å². The number of aryl methyl sites for hydroxylation is 4. The molecule has 16 nitrogen and oxygen atoms in total. The highest BCUT2D eigenvalue weighted by molar-refractivity contribution is 7.90. The highest BCUT2D eigenvalue weighted by Crippen LogP contribution is 2.42. The van der Waals surface area contributed by atoms with Gasteiger partial charge in [0.25, 0.3) is 20.0 Å². The zero-order valence-corrected chi connectivity index (χ0v) is 39.2. The third-order valence-electron chi connectivity index (χ3n) is 14.0. The third kappa shape index (κ3) is 9.36. The number of aromatic nitrogens is 4. The number of nitrogens with one attached hydrogen (secondary N) is 2. The number of sulfonamides is 2. The highest BCUT2D eigenvalue weighted by atomic mass is 32.2. The number of anilines is 1. The largest absolute Gasteiger partial charge is 0.333 e. The number of amides is 2. The molecule has 2 aromatic carbocycles. The number of hydrogen-bond donors (Lipinski definition) is 3. The second kappa shape index (κ2) is 18.3. The van der Waals surface area contributed by atoms with Crippen LogP contribution < -0.4 is 15.2 Å². The molecule has 64 heavy (non-hydrogen) atoms. The summed E-state index contributed by atoms with van der Waals surface area (Å²) in [6.07, 6.45) is 24.3. The molecule has 2 aromatic heterocycles. The molecule has 2 heterocycles. The van der Waals surface area contributed by atoms with Crippen LogP contribution in [0.4, 0.5) is 16.2 Å². The quantitative estimate of drug-likeness (QED) is 0.129. The SMILES string of the molecule is CN(C)CC1(n2ccc(S(=O)(=O)NC(=O)Nc3c4c(cc5c3CCC5)CCC4)n2)CCC1.CN(C)CC1(n2ccc(S(N)(=O)=O)n2)CCC1.O=C=Nc1c2c(cc3c1CCC3)CCC2. The van der Waals surface area contributed by atoms with Gasteiger partial charge >= 0.3 is 6.03 Å². The Kier molecular flexibility index (Phi) is 13.1. The molecule has 0 radical (unpaired) electrons. The van der Waals surface area contributed by atoms with Gasteiger partial charge < -0.3 is 15.1 Å². The number of likely N-dealkylation sites (N-methyl/N-ethyl adjacent to an activating group) is 2. The van der Waals surface area contributed by atoms with Crippen LogP contribution in [0.3, 0.4) is 0 Å². The molecule has 2 amide bonds. The number of fused-ring (bicyclic) bond motifs is 4. The summed E-state index contributed by atoms with van der Waals surface area (Å²) in [6.45, 7) is 1.66. The van der Waals surface area contributed by atoms with E-state index in [4.69, 9.17) is 5.14 Å². The number of urea groups is 1. The fourth-order valence-corrected chi connectivity index (χ4v) is 12.2. The molecular weight excluding hydrogens is 853 g/mol. The number of aliphatic imine (C=N–C) groups is 1. The Bertz CT molecular complexity index is 2630. The van der Waals surface area contributed by atoms with Crippen molar-refractivity contribution >= 4 is 43.5 Å². The van der Waals surface area contributed by atoms with Gasteiger partial charge in [-0.2, -0.15) is 23.6 Å². The lowest BCUT2D eigenvalue weighted by Gasteiger charge is -2.43. The minimum Gasteiger partial charge on any atom is -0.307 e. The predicted octanol–water partition coefficient (Wildman–Crippen LogP) is 5.41. The van der Waals surface area contributed by atoms with Gasteiger partial charge in [-0.3, -0.25) is 9.36 Å². The maximum Gasteiger partial charge on any atom is 0.333 e. The van der Waals surface area contributed by atoms with Crippen LogP contribution in [0.5, 0.6) is 0 Å². The first-order valence-corrected chi connectivity index (χ1v) is 25.7. The Balaban J connectivity index is 0.000000146. The standard InChI is InChI=1S/C23H31N5O3S.C13H13NO.C10H18N4O2S/c1-27(2)15-23(11-5-12-23)28-13-10-20(25-28)32(30,31)26-22(29)24-21-18-8-3-6-16(18)14-17-7-4-9-19(17)21;15-8-14-13-11-5-1-3-9(11)7-10-4-2-6-12(10)13;1-13(2)8-10(5-3-6-10)14-7-4-9(12-14)17(11,15)16/h10,13-14H,3-9,11-12,15H2,1-2H3,(H2,24,26,29);7H,1-6H2;4,7H,3,5-6,8H2,1-2H3,(H2,11,15,16). The lowest BCUT2D eigenvalue weighted by molar-refractivity contribution is 0.0834. The third-order valence-corrected chi connectivity index (χ3v) is 16.0. The molecule has 0 saturated heterocycles. The van der Waals surface area contributed by atoms with Gasteiger partial charge in [0.15, 0.2) is 10.1 Å². The Morgan fingerprint density at radius 2 is 1.11 bits per heavy atom. The number of carbonyl (C=O) groups excluding carboxylic acids is 2. The van der Waals surface area contributed by atoms with Crippen molar-refractivity contribution in [2.45, 2.75) is 137 Å². The van der Waals surface area contributed by atoms with E-state index in [0.29, 0.717) is 0 Å². The molecule has 4 N–H and O–H groups in total. The molecule has 0 unspecified atom stereocenters. The molecule has 0 bridgehead atoms. The first kappa shape index (κ1) is 45.8. The Hall–Kier alpha value is -4.71. The first-order valence-electron chi connectivity index (χ1n) is 22.7. The number of hydrogen-bond acceptors (Lipinski definition) is 11. The second-order valence-corrected chi connectivity index (χ2v) is 22.2. The van der Waals surface area contributed by atoms with Crippen LogP contribution in [0.2, 0.25) is 0 Å². The predicted molar refractivity (Wildman–Crippen MR) is 245 cm³/mol. The smallest absolute Gasteiger partial charge is 0.307 e. The number of nitrogens with two attached hydrogens (primary N) is 1. The number of rotatable bonds is 11. The van der Waals surface area contributed by atoms with E-state index in [9.17, 15) is 26.4 Å². The van der Waals surface area contributed by atoms with E-state index >= 15 is 0 Å². The Morgan fingerprint density at radius 1 is 0.688 bits per heavy atom. The van der Waals surface area contributed by atoms with Crippen LogP contribution in [0.1, 0.15) is 109 Å². The first-order chi connectivity index (χ1) is 30.5. The lowest BCUT2D eigenvalue weighted by atomic mass is 9.76. The monoisotopic (exact) mass is 914 g/mol. The molecule has 0 spiro atoms. The van der Waals surface area contributed by atoms with Gasteiger partial charge in [0.1, 0.15) is 0 Å². The molecule has 6 aliphatic carbocycles. The Labute approximate surface area is 377 Å².